The summed E-state index contributed by atoms with van der Waals surface area (Å²) in [6.45, 7) is 1.51. The van der Waals surface area contributed by atoms with Crippen LogP contribution in [-0.4, -0.2) is 38.8 Å². The summed E-state index contributed by atoms with van der Waals surface area (Å²) < 4.78 is 17.1. The molecule has 0 aliphatic rings. The average Bonchev–Trinajstić information content (AvgIpc) is 2.49. The van der Waals surface area contributed by atoms with Crippen molar-refractivity contribution in [2.75, 3.05) is 0 Å². The van der Waals surface area contributed by atoms with Crippen LogP contribution in [0.5, 0.6) is 0 Å². The van der Waals surface area contributed by atoms with Gasteiger partial charge in [0.05, 0.1) is 5.66 Å². The molecule has 0 heterocycles. The number of carboxylic acids is 2. The van der Waals surface area contributed by atoms with E-state index in [-0.39, 0.29) is 6.42 Å². The fraction of sp³-hybridized carbons (Fsp3) is 0.467. The maximum Gasteiger partial charge on any atom is 0.333 e. The van der Waals surface area contributed by atoms with E-state index in [2.05, 4.69) is 0 Å². The van der Waals surface area contributed by atoms with Crippen molar-refractivity contribution in [1.29, 1.82) is 0 Å². The van der Waals surface area contributed by atoms with Crippen molar-refractivity contribution in [3.8, 4) is 0 Å². The Morgan fingerprint density at radius 2 is 1.78 bits per heavy atom. The monoisotopic (exact) mass is 344 g/mol. The van der Waals surface area contributed by atoms with E-state index in [0.29, 0.717) is 12.8 Å². The van der Waals surface area contributed by atoms with E-state index in [0.717, 1.165) is 5.56 Å². The van der Waals surface area contributed by atoms with Crippen molar-refractivity contribution in [1.82, 2.24) is 0 Å². The van der Waals surface area contributed by atoms with Gasteiger partial charge in [0.2, 0.25) is 0 Å². The topological polar surface area (TPSA) is 121 Å². The molecule has 0 fully saturated rings. The van der Waals surface area contributed by atoms with E-state index in [1.807, 2.05) is 30.3 Å². The molecule has 0 aromatic heterocycles. The Hall–Kier alpha value is -1.69. The number of benzene rings is 1. The second-order valence-electron chi connectivity index (χ2n) is 5.30. The second-order valence-corrected chi connectivity index (χ2v) is 7.52. The highest BCUT2D eigenvalue weighted by molar-refractivity contribution is 7.53. The van der Waals surface area contributed by atoms with Crippen LogP contribution in [0.4, 0.5) is 0 Å². The standard InChI is InChI=1S/C15H21O7P/c1-11(7-8-12-5-3-2-4-6-12)23(20,21)22-13(15(18)19)9-10-14(16)17/h2-6,11,13H,7-10H2,1H3,(H,16,17)(H,18,19)(H,20,21). The van der Waals surface area contributed by atoms with Crippen LogP contribution in [0.3, 0.4) is 0 Å². The molecule has 8 heteroatoms. The quantitative estimate of drug-likeness (QED) is 0.558. The fourth-order valence-electron chi connectivity index (χ4n) is 1.95. The van der Waals surface area contributed by atoms with E-state index in [1.165, 1.54) is 6.92 Å². The summed E-state index contributed by atoms with van der Waals surface area (Å²) in [7, 11) is -4.16. The Morgan fingerprint density at radius 1 is 1.17 bits per heavy atom. The molecular formula is C15H21O7P. The van der Waals surface area contributed by atoms with Crippen LogP contribution in [0.2, 0.25) is 0 Å². The van der Waals surface area contributed by atoms with Crippen molar-refractivity contribution in [3.63, 3.8) is 0 Å². The molecule has 128 valence electrons. The van der Waals surface area contributed by atoms with Crippen molar-refractivity contribution < 1.29 is 33.8 Å². The molecule has 0 amide bonds. The molecule has 7 nitrogen and oxygen atoms in total. The first-order valence-corrected chi connectivity index (χ1v) is 8.86. The minimum Gasteiger partial charge on any atom is -0.481 e. The summed E-state index contributed by atoms with van der Waals surface area (Å²) in [4.78, 5) is 31.5. The first-order chi connectivity index (χ1) is 10.7. The first kappa shape index (κ1) is 19.4. The Morgan fingerprint density at radius 3 is 2.30 bits per heavy atom. The molecule has 1 aromatic carbocycles. The van der Waals surface area contributed by atoms with Crippen LogP contribution < -0.4 is 0 Å². The lowest BCUT2D eigenvalue weighted by molar-refractivity contribution is -0.146. The molecular weight excluding hydrogens is 323 g/mol. The molecule has 3 N–H and O–H groups in total. The summed E-state index contributed by atoms with van der Waals surface area (Å²) in [5, 5.41) is 17.6. The Kier molecular flexibility index (Phi) is 7.42. The van der Waals surface area contributed by atoms with Gasteiger partial charge in [-0.25, -0.2) is 4.79 Å². The average molecular weight is 344 g/mol. The molecule has 0 saturated carbocycles. The van der Waals surface area contributed by atoms with Gasteiger partial charge in [-0.05, 0) is 24.8 Å². The molecule has 1 rings (SSSR count). The minimum atomic E-state index is -4.16. The van der Waals surface area contributed by atoms with Gasteiger partial charge < -0.3 is 15.1 Å². The van der Waals surface area contributed by atoms with Gasteiger partial charge in [0.15, 0.2) is 6.10 Å². The van der Waals surface area contributed by atoms with Gasteiger partial charge in [0, 0.05) is 6.42 Å². The van der Waals surface area contributed by atoms with Gasteiger partial charge in [-0.2, -0.15) is 0 Å². The minimum absolute atomic E-state index is 0.350. The van der Waals surface area contributed by atoms with Crippen LogP contribution in [0.25, 0.3) is 0 Å². The van der Waals surface area contributed by atoms with E-state index in [9.17, 15) is 19.0 Å². The third-order valence-electron chi connectivity index (χ3n) is 3.42. The number of aryl methyl sites for hydroxylation is 1. The molecule has 3 unspecified atom stereocenters. The molecule has 0 spiro atoms. The van der Waals surface area contributed by atoms with E-state index >= 15 is 0 Å². The lowest BCUT2D eigenvalue weighted by atomic mass is 10.1. The third kappa shape index (κ3) is 6.95. The van der Waals surface area contributed by atoms with Crippen molar-refractivity contribution >= 4 is 19.5 Å². The zero-order valence-corrected chi connectivity index (χ0v) is 13.7. The highest BCUT2D eigenvalue weighted by Gasteiger charge is 2.34. The zero-order chi connectivity index (χ0) is 17.5. The van der Waals surface area contributed by atoms with E-state index < -0.39 is 37.7 Å². The van der Waals surface area contributed by atoms with Crippen molar-refractivity contribution in [2.45, 2.75) is 44.4 Å². The number of carboxylic acid groups (broad SMARTS) is 2. The lowest BCUT2D eigenvalue weighted by Crippen LogP contribution is -2.25. The molecule has 3 atom stereocenters. The largest absolute Gasteiger partial charge is 0.481 e. The third-order valence-corrected chi connectivity index (χ3v) is 5.35. The van der Waals surface area contributed by atoms with Gasteiger partial charge in [-0.3, -0.25) is 13.9 Å². The van der Waals surface area contributed by atoms with Crippen LogP contribution >= 0.6 is 7.60 Å². The number of hydrogen-bond acceptors (Lipinski definition) is 4. The highest BCUT2D eigenvalue weighted by Crippen LogP contribution is 2.50. The Bertz CT molecular complexity index is 572. The molecule has 23 heavy (non-hydrogen) atoms. The van der Waals surface area contributed by atoms with E-state index in [1.54, 1.807) is 0 Å². The maximum atomic E-state index is 12.2. The maximum absolute atomic E-state index is 12.2. The van der Waals surface area contributed by atoms with Gasteiger partial charge in [-0.15, -0.1) is 0 Å². The van der Waals surface area contributed by atoms with E-state index in [4.69, 9.17) is 14.7 Å². The fourth-order valence-corrected chi connectivity index (χ4v) is 3.17. The van der Waals surface area contributed by atoms with Crippen LogP contribution in [0.1, 0.15) is 31.7 Å². The molecule has 0 saturated heterocycles. The summed E-state index contributed by atoms with van der Waals surface area (Å²) >= 11 is 0. The number of rotatable bonds is 10. The van der Waals surface area contributed by atoms with Crippen LogP contribution in [0.15, 0.2) is 30.3 Å². The predicted octanol–water partition coefficient (Wildman–Crippen LogP) is 2.53. The Labute approximate surface area is 134 Å². The van der Waals surface area contributed by atoms with Gasteiger partial charge in [0.25, 0.3) is 0 Å². The molecule has 1 aromatic rings. The zero-order valence-electron chi connectivity index (χ0n) is 12.8. The normalized spacial score (nSPS) is 16.3. The summed E-state index contributed by atoms with van der Waals surface area (Å²) in [5.41, 5.74) is 0.245. The summed E-state index contributed by atoms with van der Waals surface area (Å²) in [6, 6.07) is 9.38. The number of carbonyl (C=O) groups is 2. The molecule has 0 aliphatic carbocycles. The smallest absolute Gasteiger partial charge is 0.333 e. The van der Waals surface area contributed by atoms with Gasteiger partial charge in [-0.1, -0.05) is 37.3 Å². The van der Waals surface area contributed by atoms with Crippen LogP contribution in [-0.2, 0) is 25.1 Å². The lowest BCUT2D eigenvalue weighted by Gasteiger charge is -2.22. The highest BCUT2D eigenvalue weighted by atomic mass is 31.2. The van der Waals surface area contributed by atoms with Crippen molar-refractivity contribution in [2.24, 2.45) is 0 Å². The molecule has 0 aliphatic heterocycles. The number of hydrogen-bond donors (Lipinski definition) is 3. The number of aliphatic carboxylic acids is 2. The summed E-state index contributed by atoms with van der Waals surface area (Å²) in [5.74, 6) is -2.64. The molecule has 0 bridgehead atoms. The summed E-state index contributed by atoms with van der Waals surface area (Å²) in [6.07, 6.45) is -1.51. The van der Waals surface area contributed by atoms with Crippen molar-refractivity contribution in [3.05, 3.63) is 35.9 Å². The Balaban J connectivity index is 2.61. The SMILES string of the molecule is CC(CCc1ccccc1)P(=O)(O)OC(CCC(=O)O)C(=O)O. The predicted molar refractivity (Wildman–Crippen MR) is 83.4 cm³/mol. The van der Waals surface area contributed by atoms with Gasteiger partial charge >= 0.3 is 19.5 Å². The second kappa shape index (κ2) is 8.82. The molecule has 0 radical (unpaired) electrons. The van der Waals surface area contributed by atoms with Gasteiger partial charge in [0.1, 0.15) is 0 Å². The first-order valence-electron chi connectivity index (χ1n) is 7.21. The van der Waals surface area contributed by atoms with Crippen LogP contribution in [0, 0.1) is 0 Å².